The summed E-state index contributed by atoms with van der Waals surface area (Å²) >= 11 is 2.57. The van der Waals surface area contributed by atoms with Crippen LogP contribution in [-0.4, -0.2) is 30.5 Å². The molecule has 126 valence electrons. The third-order valence-electron chi connectivity index (χ3n) is 3.02. The number of sulfonamides is 1. The number of rotatable bonds is 7. The second-order valence-electron chi connectivity index (χ2n) is 5.51. The molecule has 2 aromatic heterocycles. The number of carboxylic acids is 1. The SMILES string of the molecule is Cc1nc(-c2ccc(S(=O)(=O)N[C@@H](CC(C)C)C(=O)O)s2)cs1. The van der Waals surface area contributed by atoms with Crippen molar-refractivity contribution in [1.29, 1.82) is 0 Å². The van der Waals surface area contributed by atoms with E-state index in [-0.39, 0.29) is 16.5 Å². The van der Waals surface area contributed by atoms with Gasteiger partial charge in [-0.2, -0.15) is 4.72 Å². The summed E-state index contributed by atoms with van der Waals surface area (Å²) in [6, 6.07) is 2.03. The van der Waals surface area contributed by atoms with Crippen molar-refractivity contribution in [2.45, 2.75) is 37.4 Å². The molecule has 0 aliphatic carbocycles. The maximum Gasteiger partial charge on any atom is 0.321 e. The van der Waals surface area contributed by atoms with Gasteiger partial charge in [-0.1, -0.05) is 13.8 Å². The normalized spacial score (nSPS) is 13.4. The molecule has 1 atom stereocenters. The van der Waals surface area contributed by atoms with E-state index in [0.29, 0.717) is 0 Å². The van der Waals surface area contributed by atoms with E-state index in [0.717, 1.165) is 26.9 Å². The lowest BCUT2D eigenvalue weighted by Crippen LogP contribution is -2.41. The minimum atomic E-state index is -3.87. The maximum absolute atomic E-state index is 12.4. The smallest absolute Gasteiger partial charge is 0.321 e. The summed E-state index contributed by atoms with van der Waals surface area (Å²) in [7, 11) is -3.87. The number of thiazole rings is 1. The zero-order chi connectivity index (χ0) is 17.2. The van der Waals surface area contributed by atoms with Gasteiger partial charge in [-0.3, -0.25) is 4.79 Å². The van der Waals surface area contributed by atoms with Crippen molar-refractivity contribution >= 4 is 38.7 Å². The summed E-state index contributed by atoms with van der Waals surface area (Å²) in [4.78, 5) is 16.3. The summed E-state index contributed by atoms with van der Waals surface area (Å²) in [5.41, 5.74) is 0.732. The number of aryl methyl sites for hydroxylation is 1. The lowest BCUT2D eigenvalue weighted by molar-refractivity contribution is -0.139. The number of hydrogen-bond donors (Lipinski definition) is 2. The number of hydrogen-bond acceptors (Lipinski definition) is 6. The number of aliphatic carboxylic acids is 1. The van der Waals surface area contributed by atoms with Crippen LogP contribution in [0.4, 0.5) is 0 Å². The minimum Gasteiger partial charge on any atom is -0.480 e. The van der Waals surface area contributed by atoms with Gasteiger partial charge in [0.25, 0.3) is 10.0 Å². The molecule has 2 N–H and O–H groups in total. The van der Waals surface area contributed by atoms with Gasteiger partial charge in [0.1, 0.15) is 10.3 Å². The Morgan fingerprint density at radius 3 is 2.61 bits per heavy atom. The molecule has 0 radical (unpaired) electrons. The number of aromatic nitrogens is 1. The van der Waals surface area contributed by atoms with Crippen molar-refractivity contribution in [2.75, 3.05) is 0 Å². The third kappa shape index (κ3) is 4.60. The Bertz CT molecular complexity index is 793. The molecule has 0 amide bonds. The number of carbonyl (C=O) groups is 1. The highest BCUT2D eigenvalue weighted by Gasteiger charge is 2.27. The van der Waals surface area contributed by atoms with Gasteiger partial charge in [-0.15, -0.1) is 22.7 Å². The summed E-state index contributed by atoms with van der Waals surface area (Å²) in [6.07, 6.45) is 0.234. The monoisotopic (exact) mass is 374 g/mol. The van der Waals surface area contributed by atoms with Crippen molar-refractivity contribution in [1.82, 2.24) is 9.71 Å². The fourth-order valence-corrected chi connectivity index (χ4v) is 5.17. The molecule has 0 aliphatic heterocycles. The molecule has 2 heterocycles. The molecule has 9 heteroatoms. The van der Waals surface area contributed by atoms with Crippen LogP contribution in [0.5, 0.6) is 0 Å². The van der Waals surface area contributed by atoms with Crippen LogP contribution in [0.25, 0.3) is 10.6 Å². The van der Waals surface area contributed by atoms with E-state index in [1.807, 2.05) is 26.2 Å². The number of nitrogens with zero attached hydrogens (tertiary/aromatic N) is 1. The molecule has 0 aliphatic rings. The molecular formula is C14H18N2O4S3. The van der Waals surface area contributed by atoms with Crippen LogP contribution >= 0.6 is 22.7 Å². The van der Waals surface area contributed by atoms with Gasteiger partial charge in [0.05, 0.1) is 15.6 Å². The molecule has 0 spiro atoms. The van der Waals surface area contributed by atoms with Crippen LogP contribution in [0.2, 0.25) is 0 Å². The molecule has 0 saturated carbocycles. The lowest BCUT2D eigenvalue weighted by atomic mass is 10.1. The minimum absolute atomic E-state index is 0.0654. The first kappa shape index (κ1) is 18.1. The standard InChI is InChI=1S/C14H18N2O4S3/c1-8(2)6-10(14(17)18)16-23(19,20)13-5-4-12(22-13)11-7-21-9(3)15-11/h4-5,7-8,10,16H,6H2,1-3H3,(H,17,18)/t10-/m0/s1. The third-order valence-corrected chi connectivity index (χ3v) is 6.87. The maximum atomic E-state index is 12.4. The zero-order valence-corrected chi connectivity index (χ0v) is 15.4. The van der Waals surface area contributed by atoms with Crippen molar-refractivity contribution < 1.29 is 18.3 Å². The van der Waals surface area contributed by atoms with Crippen molar-refractivity contribution in [2.24, 2.45) is 5.92 Å². The molecule has 2 aromatic rings. The van der Waals surface area contributed by atoms with E-state index in [2.05, 4.69) is 9.71 Å². The summed E-state index contributed by atoms with van der Waals surface area (Å²) in [5.74, 6) is -1.11. The molecule has 2 rings (SSSR count). The summed E-state index contributed by atoms with van der Waals surface area (Å²) in [5, 5.41) is 12.0. The van der Waals surface area contributed by atoms with Gasteiger partial charge in [0.2, 0.25) is 0 Å². The van der Waals surface area contributed by atoms with Crippen molar-refractivity contribution in [3.63, 3.8) is 0 Å². The van der Waals surface area contributed by atoms with Crippen molar-refractivity contribution in [3.05, 3.63) is 22.5 Å². The van der Waals surface area contributed by atoms with Crippen molar-refractivity contribution in [3.8, 4) is 10.6 Å². The van der Waals surface area contributed by atoms with E-state index < -0.39 is 22.0 Å². The number of thiophene rings is 1. The average Bonchev–Trinajstić information content (AvgIpc) is 3.05. The number of nitrogens with one attached hydrogen (secondary N) is 1. The first-order chi connectivity index (χ1) is 10.7. The Morgan fingerprint density at radius 2 is 2.09 bits per heavy atom. The Labute approximate surface area is 143 Å². The van der Waals surface area contributed by atoms with E-state index in [4.69, 9.17) is 0 Å². The van der Waals surface area contributed by atoms with Gasteiger partial charge in [-0.25, -0.2) is 13.4 Å². The topological polar surface area (TPSA) is 96.4 Å². The van der Waals surface area contributed by atoms with Gasteiger partial charge in [-0.05, 0) is 31.4 Å². The molecule has 23 heavy (non-hydrogen) atoms. The van der Waals surface area contributed by atoms with Crippen LogP contribution in [0.3, 0.4) is 0 Å². The second kappa shape index (κ2) is 7.08. The number of carboxylic acid groups (broad SMARTS) is 1. The molecule has 0 unspecified atom stereocenters. The predicted molar refractivity (Wildman–Crippen MR) is 91.4 cm³/mol. The quantitative estimate of drug-likeness (QED) is 0.777. The van der Waals surface area contributed by atoms with Crippen LogP contribution in [-0.2, 0) is 14.8 Å². The van der Waals surface area contributed by atoms with E-state index in [9.17, 15) is 18.3 Å². The molecule has 6 nitrogen and oxygen atoms in total. The van der Waals surface area contributed by atoms with Crippen LogP contribution in [0, 0.1) is 12.8 Å². The fourth-order valence-electron chi connectivity index (χ4n) is 1.99. The first-order valence-electron chi connectivity index (χ1n) is 6.96. The van der Waals surface area contributed by atoms with Crippen LogP contribution in [0.1, 0.15) is 25.3 Å². The molecular weight excluding hydrogens is 356 g/mol. The second-order valence-corrected chi connectivity index (χ2v) is 9.60. The van der Waals surface area contributed by atoms with Gasteiger partial charge in [0.15, 0.2) is 0 Å². The van der Waals surface area contributed by atoms with E-state index in [1.54, 1.807) is 6.07 Å². The van der Waals surface area contributed by atoms with Crippen LogP contribution < -0.4 is 4.72 Å². The predicted octanol–water partition coefficient (Wildman–Crippen LogP) is 2.96. The highest BCUT2D eigenvalue weighted by Crippen LogP contribution is 2.31. The molecule has 0 bridgehead atoms. The Kier molecular flexibility index (Phi) is 5.56. The zero-order valence-electron chi connectivity index (χ0n) is 12.9. The van der Waals surface area contributed by atoms with Crippen LogP contribution in [0.15, 0.2) is 21.7 Å². The Hall–Kier alpha value is -1.29. The molecule has 0 aromatic carbocycles. The Morgan fingerprint density at radius 1 is 1.39 bits per heavy atom. The van der Waals surface area contributed by atoms with E-state index >= 15 is 0 Å². The van der Waals surface area contributed by atoms with E-state index in [1.165, 1.54) is 17.4 Å². The highest BCUT2D eigenvalue weighted by molar-refractivity contribution is 7.91. The largest absolute Gasteiger partial charge is 0.480 e. The average molecular weight is 375 g/mol. The Balaban J connectivity index is 2.22. The summed E-state index contributed by atoms with van der Waals surface area (Å²) < 4.78 is 27.2. The van der Waals surface area contributed by atoms with Gasteiger partial charge in [0, 0.05) is 5.38 Å². The highest BCUT2D eigenvalue weighted by atomic mass is 32.2. The molecule has 0 fully saturated rings. The first-order valence-corrected chi connectivity index (χ1v) is 10.1. The summed E-state index contributed by atoms with van der Waals surface area (Å²) in [6.45, 7) is 5.57. The van der Waals surface area contributed by atoms with Gasteiger partial charge >= 0.3 is 5.97 Å². The van der Waals surface area contributed by atoms with Gasteiger partial charge < -0.3 is 5.11 Å². The molecule has 0 saturated heterocycles. The lowest BCUT2D eigenvalue weighted by Gasteiger charge is -2.15. The fraction of sp³-hybridized carbons (Fsp3) is 0.429.